The predicted molar refractivity (Wildman–Crippen MR) is 59.8 cm³/mol. The summed E-state index contributed by atoms with van der Waals surface area (Å²) in [6.07, 6.45) is -0.183. The molecule has 4 nitrogen and oxygen atoms in total. The van der Waals surface area contributed by atoms with Crippen molar-refractivity contribution in [2.45, 2.75) is 6.42 Å². The number of pyridine rings is 1. The number of carbonyl (C=O) groups is 1. The quantitative estimate of drug-likeness (QED) is 0.786. The summed E-state index contributed by atoms with van der Waals surface area (Å²) in [4.78, 5) is 14.6. The number of carboxylic acid groups (broad SMARTS) is 1. The van der Waals surface area contributed by atoms with Crippen molar-refractivity contribution in [3.05, 3.63) is 35.0 Å². The van der Waals surface area contributed by atoms with Gasteiger partial charge in [-0.25, -0.2) is 4.98 Å². The van der Waals surface area contributed by atoms with Crippen molar-refractivity contribution in [1.29, 1.82) is 0 Å². The second-order valence-electron chi connectivity index (χ2n) is 3.39. The van der Waals surface area contributed by atoms with Crippen LogP contribution in [-0.4, -0.2) is 21.2 Å². The monoisotopic (exact) mass is 237 g/mol. The van der Waals surface area contributed by atoms with Crippen molar-refractivity contribution in [3.8, 4) is 5.75 Å². The van der Waals surface area contributed by atoms with Gasteiger partial charge in [0.15, 0.2) is 0 Å². The van der Waals surface area contributed by atoms with Crippen molar-refractivity contribution in [1.82, 2.24) is 4.98 Å². The highest BCUT2D eigenvalue weighted by molar-refractivity contribution is 6.30. The second-order valence-corrected chi connectivity index (χ2v) is 3.74. The number of aliphatic carboxylic acids is 1. The van der Waals surface area contributed by atoms with E-state index >= 15 is 0 Å². The molecular formula is C11H8ClNO3. The molecule has 0 unspecified atom stereocenters. The molecule has 5 heteroatoms. The third-order valence-corrected chi connectivity index (χ3v) is 2.49. The second kappa shape index (κ2) is 3.98. The molecule has 2 N–H and O–H groups in total. The zero-order valence-corrected chi connectivity index (χ0v) is 8.90. The summed E-state index contributed by atoms with van der Waals surface area (Å²) in [5.41, 5.74) is 1.06. The molecule has 0 amide bonds. The van der Waals surface area contributed by atoms with Gasteiger partial charge in [-0.3, -0.25) is 4.79 Å². The van der Waals surface area contributed by atoms with Crippen LogP contribution >= 0.6 is 11.6 Å². The number of fused-ring (bicyclic) bond motifs is 1. The minimum absolute atomic E-state index is 0.109. The number of aromatic nitrogens is 1. The van der Waals surface area contributed by atoms with Crippen molar-refractivity contribution >= 4 is 28.5 Å². The molecule has 0 aliphatic rings. The molecule has 0 aliphatic carbocycles. The Bertz CT molecular complexity index is 568. The summed E-state index contributed by atoms with van der Waals surface area (Å²) in [6, 6.07) is 6.27. The molecule has 2 rings (SSSR count). The van der Waals surface area contributed by atoms with Crippen LogP contribution in [0.25, 0.3) is 10.9 Å². The summed E-state index contributed by atoms with van der Waals surface area (Å²) in [5.74, 6) is -0.860. The van der Waals surface area contributed by atoms with E-state index in [4.69, 9.17) is 16.7 Å². The highest BCUT2D eigenvalue weighted by Gasteiger charge is 2.08. The molecule has 0 aliphatic heterocycles. The molecule has 0 bridgehead atoms. The maximum Gasteiger partial charge on any atom is 0.307 e. The number of aromatic hydroxyl groups is 1. The van der Waals surface area contributed by atoms with E-state index in [1.54, 1.807) is 12.1 Å². The smallest absolute Gasteiger partial charge is 0.307 e. The van der Waals surface area contributed by atoms with Crippen LogP contribution in [0.5, 0.6) is 5.75 Å². The van der Waals surface area contributed by atoms with Gasteiger partial charge in [0.1, 0.15) is 10.9 Å². The molecule has 0 atom stereocenters. The molecular weight excluding hydrogens is 230 g/mol. The highest BCUT2D eigenvalue weighted by atomic mass is 35.5. The van der Waals surface area contributed by atoms with E-state index in [2.05, 4.69) is 4.98 Å². The fraction of sp³-hybridized carbons (Fsp3) is 0.0909. The molecule has 2 aromatic rings. The van der Waals surface area contributed by atoms with Crippen LogP contribution < -0.4 is 0 Å². The van der Waals surface area contributed by atoms with Gasteiger partial charge in [0.2, 0.25) is 0 Å². The molecule has 0 fully saturated rings. The molecule has 1 aromatic carbocycles. The van der Waals surface area contributed by atoms with Gasteiger partial charge >= 0.3 is 5.97 Å². The van der Waals surface area contributed by atoms with Gasteiger partial charge in [-0.2, -0.15) is 0 Å². The van der Waals surface area contributed by atoms with E-state index in [-0.39, 0.29) is 17.3 Å². The maximum absolute atomic E-state index is 10.6. The molecule has 0 radical (unpaired) electrons. The summed E-state index contributed by atoms with van der Waals surface area (Å²) < 4.78 is 0. The number of rotatable bonds is 2. The maximum atomic E-state index is 10.6. The average Bonchev–Trinajstić information content (AvgIpc) is 2.19. The zero-order valence-electron chi connectivity index (χ0n) is 8.14. The molecule has 0 saturated carbocycles. The lowest BCUT2D eigenvalue weighted by molar-refractivity contribution is -0.136. The Morgan fingerprint density at radius 3 is 2.81 bits per heavy atom. The molecule has 1 heterocycles. The van der Waals surface area contributed by atoms with Crippen molar-refractivity contribution in [3.63, 3.8) is 0 Å². The van der Waals surface area contributed by atoms with Crippen LogP contribution in [0.15, 0.2) is 24.3 Å². The Balaban J connectivity index is 2.59. The van der Waals surface area contributed by atoms with Crippen LogP contribution in [0.4, 0.5) is 0 Å². The van der Waals surface area contributed by atoms with E-state index in [0.29, 0.717) is 16.5 Å². The van der Waals surface area contributed by atoms with Crippen molar-refractivity contribution in [2.24, 2.45) is 0 Å². The Morgan fingerprint density at radius 1 is 1.38 bits per heavy atom. The van der Waals surface area contributed by atoms with Crippen molar-refractivity contribution < 1.29 is 15.0 Å². The molecule has 0 saturated heterocycles. The van der Waals surface area contributed by atoms with Crippen LogP contribution in [-0.2, 0) is 11.2 Å². The molecule has 82 valence electrons. The van der Waals surface area contributed by atoms with Gasteiger partial charge in [0.25, 0.3) is 0 Å². The Labute approximate surface area is 96.1 Å². The number of hydrogen-bond donors (Lipinski definition) is 2. The first-order valence-corrected chi connectivity index (χ1v) is 4.94. The van der Waals surface area contributed by atoms with E-state index in [1.807, 2.05) is 0 Å². The van der Waals surface area contributed by atoms with Crippen LogP contribution in [0.1, 0.15) is 5.56 Å². The number of phenolic OH excluding ortho intramolecular Hbond substituents is 1. The van der Waals surface area contributed by atoms with Crippen LogP contribution in [0.2, 0.25) is 5.15 Å². The van der Waals surface area contributed by atoms with Gasteiger partial charge in [0, 0.05) is 10.9 Å². The molecule has 16 heavy (non-hydrogen) atoms. The summed E-state index contributed by atoms with van der Waals surface area (Å²) in [6.45, 7) is 0. The Kier molecular flexibility index (Phi) is 2.66. The Morgan fingerprint density at radius 2 is 2.12 bits per heavy atom. The summed E-state index contributed by atoms with van der Waals surface area (Å²) in [5, 5.41) is 18.8. The highest BCUT2D eigenvalue weighted by Crippen LogP contribution is 2.24. The third kappa shape index (κ3) is 2.06. The van der Waals surface area contributed by atoms with Gasteiger partial charge in [-0.05, 0) is 24.3 Å². The van der Waals surface area contributed by atoms with Crippen LogP contribution in [0.3, 0.4) is 0 Å². The lowest BCUT2D eigenvalue weighted by Gasteiger charge is -2.04. The van der Waals surface area contributed by atoms with E-state index in [9.17, 15) is 9.90 Å². The fourth-order valence-corrected chi connectivity index (χ4v) is 1.68. The number of carboxylic acids is 1. The first-order valence-electron chi connectivity index (χ1n) is 4.56. The van der Waals surface area contributed by atoms with Gasteiger partial charge in [-0.15, -0.1) is 0 Å². The first-order chi connectivity index (χ1) is 7.56. The number of phenols is 1. The molecule has 1 aromatic heterocycles. The predicted octanol–water partition coefficient (Wildman–Crippen LogP) is 2.22. The number of benzene rings is 1. The van der Waals surface area contributed by atoms with Crippen LogP contribution in [0, 0.1) is 0 Å². The Hall–Kier alpha value is -1.81. The standard InChI is InChI=1S/C11H8ClNO3/c12-11-7(5-10(15)16)3-6-4-8(14)1-2-9(6)13-11/h1-4,14H,5H2,(H,15,16). The summed E-state index contributed by atoms with van der Waals surface area (Å²) >= 11 is 5.85. The fourth-order valence-electron chi connectivity index (χ4n) is 1.47. The van der Waals surface area contributed by atoms with Gasteiger partial charge < -0.3 is 10.2 Å². The van der Waals surface area contributed by atoms with Gasteiger partial charge in [-0.1, -0.05) is 11.6 Å². The topological polar surface area (TPSA) is 70.4 Å². The third-order valence-electron chi connectivity index (χ3n) is 2.17. The first kappa shape index (κ1) is 10.7. The van der Waals surface area contributed by atoms with E-state index in [0.717, 1.165) is 0 Å². The van der Waals surface area contributed by atoms with Gasteiger partial charge in [0.05, 0.1) is 11.9 Å². The average molecular weight is 238 g/mol. The lowest BCUT2D eigenvalue weighted by atomic mass is 10.1. The zero-order chi connectivity index (χ0) is 11.7. The van der Waals surface area contributed by atoms with E-state index < -0.39 is 5.97 Å². The minimum atomic E-state index is -0.969. The minimum Gasteiger partial charge on any atom is -0.508 e. The number of hydrogen-bond acceptors (Lipinski definition) is 3. The molecule has 0 spiro atoms. The SMILES string of the molecule is O=C(O)Cc1cc2cc(O)ccc2nc1Cl. The summed E-state index contributed by atoms with van der Waals surface area (Å²) in [7, 11) is 0. The normalized spacial score (nSPS) is 10.6. The van der Waals surface area contributed by atoms with Crippen molar-refractivity contribution in [2.75, 3.05) is 0 Å². The number of halogens is 1. The van der Waals surface area contributed by atoms with E-state index in [1.165, 1.54) is 12.1 Å². The number of nitrogens with zero attached hydrogens (tertiary/aromatic N) is 1. The lowest BCUT2D eigenvalue weighted by Crippen LogP contribution is -2.01. The largest absolute Gasteiger partial charge is 0.508 e.